The van der Waals surface area contributed by atoms with Crippen LogP contribution in [0.2, 0.25) is 0 Å². The lowest BCUT2D eigenvalue weighted by Gasteiger charge is -2.28. The molecular formula is C29H27FN4O4. The number of carbonyl (C=O) groups is 2. The van der Waals surface area contributed by atoms with Gasteiger partial charge in [-0.2, -0.15) is 0 Å². The number of imide groups is 1. The smallest absolute Gasteiger partial charge is 0.418 e. The summed E-state index contributed by atoms with van der Waals surface area (Å²) < 4.78 is 24.9. The highest BCUT2D eigenvalue weighted by molar-refractivity contribution is 6.04. The van der Waals surface area contributed by atoms with Gasteiger partial charge in [-0.25, -0.2) is 19.1 Å². The van der Waals surface area contributed by atoms with Gasteiger partial charge in [-0.15, -0.1) is 0 Å². The maximum Gasteiger partial charge on any atom is 0.418 e. The fourth-order valence-electron chi connectivity index (χ4n) is 5.18. The molecule has 0 saturated carbocycles. The minimum Gasteiger partial charge on any atom is -0.424 e. The molecule has 0 radical (unpaired) electrons. The minimum absolute atomic E-state index is 0.112. The number of nitrogens with zero attached hydrogens (tertiary/aromatic N) is 3. The van der Waals surface area contributed by atoms with E-state index in [4.69, 9.17) is 14.5 Å². The number of ether oxygens (including phenoxy) is 2. The number of rotatable bonds is 6. The van der Waals surface area contributed by atoms with Crippen molar-refractivity contribution in [1.29, 1.82) is 0 Å². The van der Waals surface area contributed by atoms with Gasteiger partial charge < -0.3 is 19.4 Å². The number of nitrogens with one attached hydrogen (secondary N) is 1. The molecule has 8 nitrogen and oxygen atoms in total. The van der Waals surface area contributed by atoms with Crippen LogP contribution in [0, 0.1) is 5.82 Å². The molecule has 4 aromatic rings. The second-order valence-corrected chi connectivity index (χ2v) is 9.65. The van der Waals surface area contributed by atoms with Crippen LogP contribution >= 0.6 is 0 Å². The van der Waals surface area contributed by atoms with E-state index in [0.717, 1.165) is 34.8 Å². The monoisotopic (exact) mass is 514 g/mol. The van der Waals surface area contributed by atoms with Crippen LogP contribution in [0.25, 0.3) is 11.0 Å². The van der Waals surface area contributed by atoms with Gasteiger partial charge in [0.1, 0.15) is 5.82 Å². The van der Waals surface area contributed by atoms with Gasteiger partial charge in [-0.05, 0) is 48.4 Å². The first kappa shape index (κ1) is 24.1. The first-order valence-corrected chi connectivity index (χ1v) is 12.6. The molecule has 2 amide bonds. The van der Waals surface area contributed by atoms with Crippen LogP contribution in [-0.2, 0) is 26.3 Å². The van der Waals surface area contributed by atoms with Gasteiger partial charge in [-0.1, -0.05) is 42.5 Å². The van der Waals surface area contributed by atoms with Crippen molar-refractivity contribution in [3.8, 4) is 0 Å². The number of imidazole rings is 1. The van der Waals surface area contributed by atoms with Crippen LogP contribution in [0.4, 0.5) is 14.9 Å². The van der Waals surface area contributed by atoms with Crippen molar-refractivity contribution in [3.05, 3.63) is 95.6 Å². The van der Waals surface area contributed by atoms with Crippen LogP contribution < -0.4 is 4.90 Å². The van der Waals surface area contributed by atoms with Gasteiger partial charge in [0, 0.05) is 25.2 Å². The Hall–Kier alpha value is -4.24. The van der Waals surface area contributed by atoms with Crippen molar-refractivity contribution in [2.24, 2.45) is 0 Å². The maximum absolute atomic E-state index is 14.1. The average Bonchev–Trinajstić information content (AvgIpc) is 3.48. The molecule has 2 fully saturated rings. The van der Waals surface area contributed by atoms with Crippen molar-refractivity contribution in [2.75, 3.05) is 31.2 Å². The molecule has 38 heavy (non-hydrogen) atoms. The molecule has 9 heteroatoms. The maximum atomic E-state index is 14.1. The highest BCUT2D eigenvalue weighted by Crippen LogP contribution is 2.41. The summed E-state index contributed by atoms with van der Waals surface area (Å²) in [4.78, 5) is 38.8. The van der Waals surface area contributed by atoms with Gasteiger partial charge in [0.05, 0.1) is 30.3 Å². The zero-order valence-electron chi connectivity index (χ0n) is 20.9. The number of anilines is 1. The molecule has 6 rings (SSSR count). The highest BCUT2D eigenvalue weighted by atomic mass is 19.1. The summed E-state index contributed by atoms with van der Waals surface area (Å²) in [5, 5.41) is 0. The number of hydrogen-bond acceptors (Lipinski definition) is 6. The number of hydrogen-bond donors (Lipinski definition) is 1. The summed E-state index contributed by atoms with van der Waals surface area (Å²) in [6, 6.07) is 20.4. The second-order valence-electron chi connectivity index (χ2n) is 9.65. The highest BCUT2D eigenvalue weighted by Gasteiger charge is 2.58. The number of carbonyl (C=O) groups excluding carboxylic acids is 2. The van der Waals surface area contributed by atoms with E-state index in [1.807, 2.05) is 48.5 Å². The van der Waals surface area contributed by atoms with Gasteiger partial charge in [0.25, 0.3) is 11.5 Å². The summed E-state index contributed by atoms with van der Waals surface area (Å²) in [5.41, 5.74) is 2.19. The summed E-state index contributed by atoms with van der Waals surface area (Å²) in [6.45, 7) is 4.63. The molecule has 3 aromatic carbocycles. The van der Waals surface area contributed by atoms with Crippen molar-refractivity contribution in [1.82, 2.24) is 14.9 Å². The standard InChI is InChI=1S/C29H27FN4O4/c1-19(21-7-9-22(30)10-8-21)34-27(35)29(38-28(34)36,18-20-5-3-2-4-6-20)26-31-24-12-11-23(17-25(24)32-26)33-13-15-37-16-14-33/h2-12,17,19H,13-16,18H2,1H3,(H,31,32)/t19-,29-/m1/s1. The third kappa shape index (κ3) is 4.18. The Bertz CT molecular complexity index is 1480. The Labute approximate surface area is 219 Å². The normalized spacial score (nSPS) is 20.7. The Morgan fingerprint density at radius 2 is 1.76 bits per heavy atom. The topological polar surface area (TPSA) is 87.8 Å². The number of aromatic amines is 1. The summed E-state index contributed by atoms with van der Waals surface area (Å²) in [7, 11) is 0. The number of aromatic nitrogens is 2. The number of benzene rings is 3. The van der Waals surface area contributed by atoms with Crippen LogP contribution in [0.5, 0.6) is 0 Å². The summed E-state index contributed by atoms with van der Waals surface area (Å²) in [6.07, 6.45) is -0.654. The summed E-state index contributed by atoms with van der Waals surface area (Å²) >= 11 is 0. The molecule has 2 atom stereocenters. The number of morpholine rings is 1. The fraction of sp³-hybridized carbons (Fsp3) is 0.276. The molecule has 0 aliphatic carbocycles. The Kier molecular flexibility index (Phi) is 6.07. The zero-order valence-corrected chi connectivity index (χ0v) is 20.9. The average molecular weight is 515 g/mol. The number of amides is 2. The third-order valence-corrected chi connectivity index (χ3v) is 7.28. The van der Waals surface area contributed by atoms with Crippen LogP contribution in [0.1, 0.15) is 29.9 Å². The van der Waals surface area contributed by atoms with E-state index in [-0.39, 0.29) is 12.2 Å². The van der Waals surface area contributed by atoms with Gasteiger partial charge in [0.15, 0.2) is 5.82 Å². The van der Waals surface area contributed by atoms with E-state index < -0.39 is 29.5 Å². The lowest BCUT2D eigenvalue weighted by molar-refractivity contribution is -0.139. The van der Waals surface area contributed by atoms with E-state index in [1.54, 1.807) is 19.1 Å². The lowest BCUT2D eigenvalue weighted by atomic mass is 9.92. The van der Waals surface area contributed by atoms with Crippen molar-refractivity contribution < 1.29 is 23.5 Å². The molecule has 0 bridgehead atoms. The van der Waals surface area contributed by atoms with E-state index >= 15 is 0 Å². The lowest BCUT2D eigenvalue weighted by Crippen LogP contribution is -2.42. The molecule has 0 spiro atoms. The predicted molar refractivity (Wildman–Crippen MR) is 139 cm³/mol. The molecule has 3 heterocycles. The van der Waals surface area contributed by atoms with Gasteiger partial charge in [-0.3, -0.25) is 4.79 Å². The van der Waals surface area contributed by atoms with Crippen molar-refractivity contribution >= 4 is 28.7 Å². The molecule has 194 valence electrons. The van der Waals surface area contributed by atoms with Crippen molar-refractivity contribution in [3.63, 3.8) is 0 Å². The fourth-order valence-corrected chi connectivity index (χ4v) is 5.18. The van der Waals surface area contributed by atoms with Crippen LogP contribution in [0.15, 0.2) is 72.8 Å². The molecule has 0 unspecified atom stereocenters. The van der Waals surface area contributed by atoms with E-state index in [1.165, 1.54) is 12.1 Å². The van der Waals surface area contributed by atoms with Gasteiger partial charge >= 0.3 is 6.09 Å². The minimum atomic E-state index is -1.68. The molecule has 2 aliphatic heterocycles. The Morgan fingerprint density at radius 3 is 2.50 bits per heavy atom. The Morgan fingerprint density at radius 1 is 1.03 bits per heavy atom. The predicted octanol–water partition coefficient (Wildman–Crippen LogP) is 4.72. The first-order valence-electron chi connectivity index (χ1n) is 12.6. The van der Waals surface area contributed by atoms with E-state index in [2.05, 4.69) is 9.88 Å². The van der Waals surface area contributed by atoms with Gasteiger partial charge in [0.2, 0.25) is 0 Å². The second kappa shape index (κ2) is 9.57. The largest absolute Gasteiger partial charge is 0.424 e. The zero-order chi connectivity index (χ0) is 26.3. The molecule has 1 N–H and O–H groups in total. The molecule has 1 aromatic heterocycles. The van der Waals surface area contributed by atoms with Crippen LogP contribution in [-0.4, -0.2) is 53.2 Å². The summed E-state index contributed by atoms with van der Waals surface area (Å²) in [5.74, 6) is -0.647. The number of H-pyrrole nitrogens is 1. The SMILES string of the molecule is C[C@H](c1ccc(F)cc1)N1C(=O)O[C@](Cc2ccccc2)(c2nc3ccc(N4CCOCC4)cc3[nH]2)C1=O. The number of cyclic esters (lactones) is 1. The Balaban J connectivity index is 1.41. The third-order valence-electron chi connectivity index (χ3n) is 7.28. The molecule has 2 saturated heterocycles. The van der Waals surface area contributed by atoms with E-state index in [0.29, 0.717) is 24.3 Å². The van der Waals surface area contributed by atoms with Crippen molar-refractivity contribution in [2.45, 2.75) is 25.0 Å². The quantitative estimate of drug-likeness (QED) is 0.401. The molecular weight excluding hydrogens is 487 g/mol. The van der Waals surface area contributed by atoms with Crippen LogP contribution in [0.3, 0.4) is 0 Å². The van der Waals surface area contributed by atoms with E-state index in [9.17, 15) is 14.0 Å². The molecule has 2 aliphatic rings. The first-order chi connectivity index (χ1) is 18.4. The number of fused-ring (bicyclic) bond motifs is 1. The number of halogens is 1.